The minimum absolute atomic E-state index is 0.145. The van der Waals surface area contributed by atoms with Gasteiger partial charge in [0.15, 0.2) is 4.91 Å². The number of rotatable bonds is 5. The molecular formula is C16H16N2O4S. The molecule has 0 aromatic heterocycles. The molecule has 0 bridgehead atoms. The van der Waals surface area contributed by atoms with Crippen molar-refractivity contribution in [2.75, 3.05) is 6.61 Å². The van der Waals surface area contributed by atoms with Gasteiger partial charge in [-0.2, -0.15) is 5.26 Å². The Morgan fingerprint density at radius 3 is 2.70 bits per heavy atom. The Kier molecular flexibility index (Phi) is 4.96. The van der Waals surface area contributed by atoms with Gasteiger partial charge >= 0.3 is 5.97 Å². The minimum atomic E-state index is -1.86. The Bertz CT molecular complexity index is 788. The van der Waals surface area contributed by atoms with Crippen LogP contribution in [-0.4, -0.2) is 26.9 Å². The lowest BCUT2D eigenvalue weighted by atomic mass is 10.1. The highest BCUT2D eigenvalue weighted by Gasteiger charge is 2.30. The molecule has 1 aromatic rings. The number of carbonyl (C=O) groups is 1. The quantitative estimate of drug-likeness (QED) is 0.892. The van der Waals surface area contributed by atoms with Crippen molar-refractivity contribution in [3.8, 4) is 11.8 Å². The molecule has 6 nitrogen and oxygen atoms in total. The second kappa shape index (κ2) is 6.75. The summed E-state index contributed by atoms with van der Waals surface area (Å²) in [6, 6.07) is 6.80. The third kappa shape index (κ3) is 3.48. The predicted octanol–water partition coefficient (Wildman–Crippen LogP) is 2.42. The van der Waals surface area contributed by atoms with Crippen LogP contribution >= 0.6 is 0 Å². The number of ether oxygens (including phenoxy) is 1. The first kappa shape index (κ1) is 16.9. The van der Waals surface area contributed by atoms with E-state index in [-0.39, 0.29) is 15.6 Å². The first-order valence-corrected chi connectivity index (χ1v) is 8.12. The molecule has 1 aliphatic heterocycles. The normalized spacial score (nSPS) is 17.2. The summed E-state index contributed by atoms with van der Waals surface area (Å²) in [7, 11) is -1.86. The zero-order valence-corrected chi connectivity index (χ0v) is 13.8. The SMILES string of the molecule is CC1=C(C(=O)O)S(=O)C(c2ccc(OCC(C)C)c(C#N)c2)=N1. The van der Waals surface area contributed by atoms with Crippen LogP contribution in [0.4, 0.5) is 0 Å². The maximum absolute atomic E-state index is 12.3. The Labute approximate surface area is 136 Å². The molecule has 7 heteroatoms. The maximum Gasteiger partial charge on any atom is 0.347 e. The van der Waals surface area contributed by atoms with Gasteiger partial charge < -0.3 is 9.84 Å². The summed E-state index contributed by atoms with van der Waals surface area (Å²) in [6.45, 7) is 5.97. The van der Waals surface area contributed by atoms with Gasteiger partial charge in [0, 0.05) is 5.56 Å². The molecule has 1 atom stereocenters. The first-order valence-electron chi connectivity index (χ1n) is 6.97. The number of hydrogen-bond donors (Lipinski definition) is 1. The molecule has 1 unspecified atom stereocenters. The molecular weight excluding hydrogens is 316 g/mol. The molecule has 1 aromatic carbocycles. The second-order valence-corrected chi connectivity index (χ2v) is 6.77. The van der Waals surface area contributed by atoms with Crippen molar-refractivity contribution in [1.29, 1.82) is 5.26 Å². The van der Waals surface area contributed by atoms with Crippen molar-refractivity contribution in [3.63, 3.8) is 0 Å². The molecule has 0 fully saturated rings. The standard InChI is InChI=1S/C16H16N2O4S/c1-9(2)8-22-13-5-4-11(6-12(13)7-17)15-18-10(3)14(16(19)20)23(15)21/h4-6,9H,8H2,1-3H3,(H,19,20). The highest BCUT2D eigenvalue weighted by molar-refractivity contribution is 8.05. The van der Waals surface area contributed by atoms with E-state index in [1.807, 2.05) is 19.9 Å². The van der Waals surface area contributed by atoms with Crippen LogP contribution in [0.25, 0.3) is 0 Å². The van der Waals surface area contributed by atoms with Crippen LogP contribution in [0.5, 0.6) is 5.75 Å². The average Bonchev–Trinajstić information content (AvgIpc) is 2.79. The van der Waals surface area contributed by atoms with E-state index in [0.29, 0.717) is 29.4 Å². The molecule has 0 aliphatic carbocycles. The molecule has 0 spiro atoms. The van der Waals surface area contributed by atoms with Crippen LogP contribution in [0.15, 0.2) is 33.8 Å². The third-order valence-corrected chi connectivity index (χ3v) is 4.59. The summed E-state index contributed by atoms with van der Waals surface area (Å²) in [6.07, 6.45) is 0. The molecule has 23 heavy (non-hydrogen) atoms. The summed E-state index contributed by atoms with van der Waals surface area (Å²) in [5.74, 6) is -0.493. The van der Waals surface area contributed by atoms with Gasteiger partial charge in [-0.25, -0.2) is 14.0 Å². The molecule has 120 valence electrons. The number of nitrogens with zero attached hydrogens (tertiary/aromatic N) is 2. The second-order valence-electron chi connectivity index (χ2n) is 5.43. The van der Waals surface area contributed by atoms with Gasteiger partial charge in [-0.3, -0.25) is 0 Å². The number of aliphatic carboxylic acids is 1. The van der Waals surface area contributed by atoms with Gasteiger partial charge in [0.25, 0.3) is 0 Å². The predicted molar refractivity (Wildman–Crippen MR) is 86.5 cm³/mol. The third-order valence-electron chi connectivity index (χ3n) is 3.07. The number of allylic oxidation sites excluding steroid dienone is 1. The van der Waals surface area contributed by atoms with E-state index in [9.17, 15) is 14.3 Å². The van der Waals surface area contributed by atoms with E-state index in [1.54, 1.807) is 12.1 Å². The summed E-state index contributed by atoms with van der Waals surface area (Å²) in [5, 5.41) is 18.5. The number of hydrogen-bond acceptors (Lipinski definition) is 5. The summed E-state index contributed by atoms with van der Waals surface area (Å²) < 4.78 is 17.9. The monoisotopic (exact) mass is 332 g/mol. The first-order chi connectivity index (χ1) is 10.8. The molecule has 0 amide bonds. The Hall–Kier alpha value is -2.46. The van der Waals surface area contributed by atoms with E-state index in [4.69, 9.17) is 9.84 Å². The lowest BCUT2D eigenvalue weighted by molar-refractivity contribution is -0.131. The van der Waals surface area contributed by atoms with E-state index in [0.717, 1.165) is 0 Å². The van der Waals surface area contributed by atoms with Crippen LogP contribution in [0.1, 0.15) is 31.9 Å². The Morgan fingerprint density at radius 2 is 2.17 bits per heavy atom. The Balaban J connectivity index is 2.33. The molecule has 0 saturated heterocycles. The van der Waals surface area contributed by atoms with Crippen molar-refractivity contribution in [2.45, 2.75) is 20.8 Å². The fourth-order valence-corrected chi connectivity index (χ4v) is 3.24. The Morgan fingerprint density at radius 1 is 1.48 bits per heavy atom. The number of carboxylic acids is 1. The molecule has 1 aliphatic rings. The van der Waals surface area contributed by atoms with Crippen molar-refractivity contribution >= 4 is 21.8 Å². The van der Waals surface area contributed by atoms with Crippen LogP contribution < -0.4 is 4.74 Å². The minimum Gasteiger partial charge on any atom is -0.492 e. The maximum atomic E-state index is 12.3. The fraction of sp³-hybridized carbons (Fsp3) is 0.312. The lowest BCUT2D eigenvalue weighted by Gasteiger charge is -2.11. The van der Waals surface area contributed by atoms with Crippen LogP contribution in [0, 0.1) is 17.2 Å². The van der Waals surface area contributed by atoms with Crippen molar-refractivity contribution in [2.24, 2.45) is 10.9 Å². The molecule has 2 rings (SSSR count). The highest BCUT2D eigenvalue weighted by Crippen LogP contribution is 2.27. The molecule has 0 saturated carbocycles. The summed E-state index contributed by atoms with van der Waals surface area (Å²) in [4.78, 5) is 15.0. The summed E-state index contributed by atoms with van der Waals surface area (Å²) >= 11 is 0. The largest absolute Gasteiger partial charge is 0.492 e. The van der Waals surface area contributed by atoms with Gasteiger partial charge in [-0.05, 0) is 31.0 Å². The van der Waals surface area contributed by atoms with Crippen LogP contribution in [0.3, 0.4) is 0 Å². The number of carboxylic acid groups (broad SMARTS) is 1. The van der Waals surface area contributed by atoms with Gasteiger partial charge in [0.2, 0.25) is 0 Å². The number of aliphatic imine (C=N–C) groups is 1. The fourth-order valence-electron chi connectivity index (χ4n) is 2.01. The lowest BCUT2D eigenvalue weighted by Crippen LogP contribution is -2.13. The van der Waals surface area contributed by atoms with Gasteiger partial charge in [-0.15, -0.1) is 0 Å². The average molecular weight is 332 g/mol. The van der Waals surface area contributed by atoms with E-state index in [1.165, 1.54) is 13.0 Å². The van der Waals surface area contributed by atoms with E-state index in [2.05, 4.69) is 4.99 Å². The van der Waals surface area contributed by atoms with Gasteiger partial charge in [0.05, 0.1) is 17.9 Å². The number of nitriles is 1. The van der Waals surface area contributed by atoms with Crippen molar-refractivity contribution in [3.05, 3.63) is 39.9 Å². The zero-order chi connectivity index (χ0) is 17.1. The van der Waals surface area contributed by atoms with Crippen molar-refractivity contribution in [1.82, 2.24) is 0 Å². The van der Waals surface area contributed by atoms with Gasteiger partial charge in [0.1, 0.15) is 27.7 Å². The highest BCUT2D eigenvalue weighted by atomic mass is 32.2. The summed E-state index contributed by atoms with van der Waals surface area (Å²) in [5.41, 5.74) is 0.959. The van der Waals surface area contributed by atoms with Crippen LogP contribution in [-0.2, 0) is 15.6 Å². The van der Waals surface area contributed by atoms with E-state index < -0.39 is 16.8 Å². The van der Waals surface area contributed by atoms with Crippen molar-refractivity contribution < 1.29 is 18.8 Å². The smallest absolute Gasteiger partial charge is 0.347 e. The topological polar surface area (TPSA) is 99.7 Å². The molecule has 1 heterocycles. The van der Waals surface area contributed by atoms with E-state index >= 15 is 0 Å². The molecule has 1 N–H and O–H groups in total. The number of benzene rings is 1. The van der Waals surface area contributed by atoms with Gasteiger partial charge in [-0.1, -0.05) is 13.8 Å². The van der Waals surface area contributed by atoms with Crippen LogP contribution in [0.2, 0.25) is 0 Å². The zero-order valence-electron chi connectivity index (χ0n) is 13.0. The molecule has 0 radical (unpaired) electrons.